The second kappa shape index (κ2) is 6.17. The van der Waals surface area contributed by atoms with Crippen molar-refractivity contribution in [3.8, 4) is 0 Å². The van der Waals surface area contributed by atoms with E-state index in [0.29, 0.717) is 6.04 Å². The molecule has 1 aromatic rings. The van der Waals surface area contributed by atoms with Crippen LogP contribution < -0.4 is 11.3 Å². The second-order valence-electron chi connectivity index (χ2n) is 5.24. The number of nitrogens with two attached hydrogens (primary N) is 1. The summed E-state index contributed by atoms with van der Waals surface area (Å²) in [5, 5.41) is 0. The summed E-state index contributed by atoms with van der Waals surface area (Å²) in [6.07, 6.45) is 12.8. The van der Waals surface area contributed by atoms with Crippen LogP contribution in [0.1, 0.15) is 44.3 Å². The number of nitrogens with one attached hydrogen (secondary N) is 1. The van der Waals surface area contributed by atoms with Crippen LogP contribution in [-0.4, -0.2) is 15.6 Å². The average molecular weight is 236 g/mol. The monoisotopic (exact) mass is 236 g/mol. The minimum Gasteiger partial charge on any atom is -0.338 e. The van der Waals surface area contributed by atoms with Gasteiger partial charge in [0.2, 0.25) is 0 Å². The molecule has 0 bridgehead atoms. The molecular formula is C13H24N4. The van der Waals surface area contributed by atoms with Gasteiger partial charge in [0.1, 0.15) is 5.82 Å². The van der Waals surface area contributed by atoms with Crippen LogP contribution in [0.5, 0.6) is 0 Å². The molecule has 0 saturated heterocycles. The molecule has 0 aliphatic heterocycles. The van der Waals surface area contributed by atoms with Gasteiger partial charge in [-0.25, -0.2) is 4.98 Å². The van der Waals surface area contributed by atoms with Gasteiger partial charge in [0.15, 0.2) is 0 Å². The van der Waals surface area contributed by atoms with Crippen molar-refractivity contribution in [2.24, 2.45) is 18.8 Å². The van der Waals surface area contributed by atoms with E-state index in [9.17, 15) is 0 Å². The minimum atomic E-state index is 0.440. The summed E-state index contributed by atoms with van der Waals surface area (Å²) in [5.41, 5.74) is 2.97. The Hall–Kier alpha value is -0.870. The number of aryl methyl sites for hydroxylation is 2. The second-order valence-corrected chi connectivity index (χ2v) is 5.24. The van der Waals surface area contributed by atoms with Gasteiger partial charge >= 0.3 is 0 Å². The zero-order valence-corrected chi connectivity index (χ0v) is 10.7. The molecule has 1 aliphatic rings. The average Bonchev–Trinajstić information content (AvgIpc) is 2.96. The third-order valence-electron chi connectivity index (χ3n) is 3.97. The van der Waals surface area contributed by atoms with Crippen molar-refractivity contribution >= 4 is 0 Å². The van der Waals surface area contributed by atoms with Gasteiger partial charge in [0.05, 0.1) is 0 Å². The van der Waals surface area contributed by atoms with Gasteiger partial charge in [0, 0.05) is 31.9 Å². The standard InChI is InChI=1S/C13H24N4/c1-17-9-8-15-13(17)7-6-12(16-14)10-11-4-2-3-5-11/h8-9,11-12,16H,2-7,10,14H2,1H3. The topological polar surface area (TPSA) is 55.9 Å². The Bertz CT molecular complexity index is 328. The van der Waals surface area contributed by atoms with Gasteiger partial charge in [0.25, 0.3) is 0 Å². The molecule has 0 aromatic carbocycles. The van der Waals surface area contributed by atoms with E-state index in [0.717, 1.165) is 24.6 Å². The van der Waals surface area contributed by atoms with E-state index in [4.69, 9.17) is 5.84 Å². The van der Waals surface area contributed by atoms with Gasteiger partial charge in [-0.15, -0.1) is 0 Å². The summed E-state index contributed by atoms with van der Waals surface area (Å²) < 4.78 is 2.09. The van der Waals surface area contributed by atoms with E-state index in [1.54, 1.807) is 0 Å². The van der Waals surface area contributed by atoms with Gasteiger partial charge in [-0.1, -0.05) is 25.7 Å². The normalized spacial score (nSPS) is 18.7. The Morgan fingerprint density at radius 1 is 1.53 bits per heavy atom. The van der Waals surface area contributed by atoms with Crippen molar-refractivity contribution in [2.75, 3.05) is 0 Å². The zero-order chi connectivity index (χ0) is 12.1. The van der Waals surface area contributed by atoms with Crippen LogP contribution >= 0.6 is 0 Å². The molecule has 1 aromatic heterocycles. The minimum absolute atomic E-state index is 0.440. The molecule has 4 heteroatoms. The molecule has 0 spiro atoms. The highest BCUT2D eigenvalue weighted by Gasteiger charge is 2.19. The third kappa shape index (κ3) is 3.54. The van der Waals surface area contributed by atoms with Gasteiger partial charge < -0.3 is 4.57 Å². The van der Waals surface area contributed by atoms with Gasteiger partial charge in [-0.05, 0) is 18.8 Å². The number of imidazole rings is 1. The fourth-order valence-corrected chi connectivity index (χ4v) is 2.86. The molecule has 3 N–H and O–H groups in total. The lowest BCUT2D eigenvalue weighted by Crippen LogP contribution is -2.36. The molecule has 0 radical (unpaired) electrons. The summed E-state index contributed by atoms with van der Waals surface area (Å²) in [5.74, 6) is 7.69. The van der Waals surface area contributed by atoms with E-state index < -0.39 is 0 Å². The first kappa shape index (κ1) is 12.6. The van der Waals surface area contributed by atoms with Crippen LogP contribution in [0.25, 0.3) is 0 Å². The molecule has 96 valence electrons. The highest BCUT2D eigenvalue weighted by molar-refractivity contribution is 4.92. The summed E-state index contributed by atoms with van der Waals surface area (Å²) in [4.78, 5) is 4.35. The zero-order valence-electron chi connectivity index (χ0n) is 10.7. The lowest BCUT2D eigenvalue weighted by Gasteiger charge is -2.19. The van der Waals surface area contributed by atoms with Gasteiger partial charge in [-0.2, -0.15) is 0 Å². The van der Waals surface area contributed by atoms with Crippen molar-refractivity contribution in [1.29, 1.82) is 0 Å². The van der Waals surface area contributed by atoms with Crippen LogP contribution in [0.4, 0.5) is 0 Å². The van der Waals surface area contributed by atoms with E-state index >= 15 is 0 Å². The predicted molar refractivity (Wildman–Crippen MR) is 69.2 cm³/mol. The quantitative estimate of drug-likeness (QED) is 0.584. The molecule has 0 amide bonds. The first-order valence-electron chi connectivity index (χ1n) is 6.72. The Balaban J connectivity index is 1.77. The molecule has 1 fully saturated rings. The van der Waals surface area contributed by atoms with Crippen LogP contribution in [-0.2, 0) is 13.5 Å². The smallest absolute Gasteiger partial charge is 0.108 e. The SMILES string of the molecule is Cn1ccnc1CCC(CC1CCCC1)NN. The van der Waals surface area contributed by atoms with Crippen molar-refractivity contribution in [3.05, 3.63) is 18.2 Å². The number of hydrazine groups is 1. The summed E-state index contributed by atoms with van der Waals surface area (Å²) in [7, 11) is 2.05. The highest BCUT2D eigenvalue weighted by Crippen LogP contribution is 2.29. The Morgan fingerprint density at radius 2 is 2.29 bits per heavy atom. The van der Waals surface area contributed by atoms with Crippen molar-refractivity contribution in [1.82, 2.24) is 15.0 Å². The Kier molecular flexibility index (Phi) is 4.57. The number of aromatic nitrogens is 2. The molecule has 4 nitrogen and oxygen atoms in total. The number of rotatable bonds is 6. The maximum Gasteiger partial charge on any atom is 0.108 e. The van der Waals surface area contributed by atoms with E-state index in [1.165, 1.54) is 32.1 Å². The van der Waals surface area contributed by atoms with Crippen LogP contribution in [0.15, 0.2) is 12.4 Å². The largest absolute Gasteiger partial charge is 0.338 e. The van der Waals surface area contributed by atoms with Crippen molar-refractivity contribution < 1.29 is 0 Å². The van der Waals surface area contributed by atoms with Crippen LogP contribution in [0.2, 0.25) is 0 Å². The molecule has 1 unspecified atom stereocenters. The van der Waals surface area contributed by atoms with Crippen LogP contribution in [0.3, 0.4) is 0 Å². The summed E-state index contributed by atoms with van der Waals surface area (Å²) in [6, 6.07) is 0.440. The molecule has 2 rings (SSSR count). The highest BCUT2D eigenvalue weighted by atomic mass is 15.2. The van der Waals surface area contributed by atoms with E-state index in [-0.39, 0.29) is 0 Å². The van der Waals surface area contributed by atoms with Gasteiger partial charge in [-0.3, -0.25) is 11.3 Å². The lowest BCUT2D eigenvalue weighted by atomic mass is 9.96. The molecule has 1 heterocycles. The van der Waals surface area contributed by atoms with Crippen LogP contribution in [0, 0.1) is 5.92 Å². The maximum atomic E-state index is 5.65. The molecule has 1 saturated carbocycles. The third-order valence-corrected chi connectivity index (χ3v) is 3.97. The van der Waals surface area contributed by atoms with Crippen molar-refractivity contribution in [3.63, 3.8) is 0 Å². The fourth-order valence-electron chi connectivity index (χ4n) is 2.86. The number of nitrogens with zero attached hydrogens (tertiary/aromatic N) is 2. The lowest BCUT2D eigenvalue weighted by molar-refractivity contribution is 0.372. The molecule has 17 heavy (non-hydrogen) atoms. The number of hydrogen-bond acceptors (Lipinski definition) is 3. The fraction of sp³-hybridized carbons (Fsp3) is 0.769. The van der Waals surface area contributed by atoms with Crippen molar-refractivity contribution in [2.45, 2.75) is 51.0 Å². The summed E-state index contributed by atoms with van der Waals surface area (Å²) >= 11 is 0. The maximum absolute atomic E-state index is 5.65. The molecule has 1 atom stereocenters. The molecule has 1 aliphatic carbocycles. The first-order chi connectivity index (χ1) is 8.29. The number of hydrogen-bond donors (Lipinski definition) is 2. The first-order valence-corrected chi connectivity index (χ1v) is 6.72. The summed E-state index contributed by atoms with van der Waals surface area (Å²) in [6.45, 7) is 0. The molecular weight excluding hydrogens is 212 g/mol. The van der Waals surface area contributed by atoms with E-state index in [1.807, 2.05) is 19.4 Å². The van der Waals surface area contributed by atoms with E-state index in [2.05, 4.69) is 15.0 Å². The Labute approximate surface area is 104 Å². The Morgan fingerprint density at radius 3 is 2.88 bits per heavy atom. The predicted octanol–water partition coefficient (Wildman–Crippen LogP) is 1.76.